The van der Waals surface area contributed by atoms with Crippen molar-refractivity contribution in [3.8, 4) is 0 Å². The van der Waals surface area contributed by atoms with E-state index in [2.05, 4.69) is 43.1 Å². The molecule has 0 spiro atoms. The number of thiophene rings is 1. The van der Waals surface area contributed by atoms with Crippen LogP contribution in [-0.4, -0.2) is 23.2 Å². The fourth-order valence-electron chi connectivity index (χ4n) is 3.04. The molecule has 0 saturated carbocycles. The number of aliphatic imine (C=N–C) groups is 1. The fraction of sp³-hybridized carbons (Fsp3) is 0.412. The number of amides is 2. The van der Waals surface area contributed by atoms with Gasteiger partial charge < -0.3 is 4.90 Å². The van der Waals surface area contributed by atoms with E-state index in [1.807, 2.05) is 23.2 Å². The lowest BCUT2D eigenvalue weighted by Crippen LogP contribution is -2.38. The zero-order valence-corrected chi connectivity index (χ0v) is 13.5. The van der Waals surface area contributed by atoms with E-state index in [-0.39, 0.29) is 12.1 Å². The number of carbonyl (C=O) groups is 1. The minimum Gasteiger partial charge on any atom is -0.315 e. The highest BCUT2D eigenvalue weighted by molar-refractivity contribution is 7.19. The van der Waals surface area contributed by atoms with Gasteiger partial charge in [-0.25, -0.2) is 9.79 Å². The molecule has 21 heavy (non-hydrogen) atoms. The molecule has 0 aliphatic carbocycles. The van der Waals surface area contributed by atoms with Crippen molar-refractivity contribution in [3.05, 3.63) is 34.7 Å². The Labute approximate surface area is 129 Å². The molecule has 3 rings (SSSR count). The van der Waals surface area contributed by atoms with Gasteiger partial charge in [-0.2, -0.15) is 0 Å². The molecule has 2 aromatic rings. The lowest BCUT2D eigenvalue weighted by atomic mass is 9.99. The summed E-state index contributed by atoms with van der Waals surface area (Å²) in [4.78, 5) is 19.7. The SMILES string of the molecule is CCC1=NC(=O)N(CC)C(c2sc3ccccc3c2C)C1. The number of urea groups is 1. The lowest BCUT2D eigenvalue weighted by Gasteiger charge is -2.33. The molecule has 1 unspecified atom stereocenters. The van der Waals surface area contributed by atoms with Crippen LogP contribution in [0.25, 0.3) is 10.1 Å². The number of hydrogen-bond donors (Lipinski definition) is 0. The molecule has 1 aromatic heterocycles. The van der Waals surface area contributed by atoms with E-state index < -0.39 is 0 Å². The van der Waals surface area contributed by atoms with Crippen molar-refractivity contribution in [1.82, 2.24) is 4.90 Å². The van der Waals surface area contributed by atoms with Crippen molar-refractivity contribution in [2.24, 2.45) is 4.99 Å². The average molecular weight is 300 g/mol. The first kappa shape index (κ1) is 14.3. The second-order valence-corrected chi connectivity index (χ2v) is 6.49. The third-order valence-corrected chi connectivity index (χ3v) is 5.61. The van der Waals surface area contributed by atoms with Gasteiger partial charge in [0.1, 0.15) is 0 Å². The number of rotatable bonds is 3. The van der Waals surface area contributed by atoms with Crippen LogP contribution in [0.1, 0.15) is 43.2 Å². The van der Waals surface area contributed by atoms with Crippen LogP contribution < -0.4 is 0 Å². The van der Waals surface area contributed by atoms with E-state index in [4.69, 9.17) is 0 Å². The van der Waals surface area contributed by atoms with Crippen molar-refractivity contribution in [3.63, 3.8) is 0 Å². The largest absolute Gasteiger partial charge is 0.343 e. The number of carbonyl (C=O) groups excluding carboxylic acids is 1. The number of hydrogen-bond acceptors (Lipinski definition) is 2. The van der Waals surface area contributed by atoms with Gasteiger partial charge in [0.2, 0.25) is 0 Å². The molecule has 1 aliphatic rings. The van der Waals surface area contributed by atoms with Gasteiger partial charge in [-0.3, -0.25) is 0 Å². The Balaban J connectivity index is 2.09. The molecule has 1 atom stereocenters. The molecule has 4 heteroatoms. The van der Waals surface area contributed by atoms with Crippen LogP contribution in [0, 0.1) is 6.92 Å². The van der Waals surface area contributed by atoms with E-state index in [0.29, 0.717) is 6.54 Å². The molecule has 2 amide bonds. The minimum absolute atomic E-state index is 0.0811. The zero-order chi connectivity index (χ0) is 15.0. The van der Waals surface area contributed by atoms with Crippen molar-refractivity contribution < 1.29 is 4.79 Å². The van der Waals surface area contributed by atoms with E-state index in [0.717, 1.165) is 18.6 Å². The molecule has 0 radical (unpaired) electrons. The summed E-state index contributed by atoms with van der Waals surface area (Å²) in [6.07, 6.45) is 1.72. The summed E-state index contributed by atoms with van der Waals surface area (Å²) in [6, 6.07) is 8.54. The van der Waals surface area contributed by atoms with E-state index in [1.165, 1.54) is 20.5 Å². The van der Waals surface area contributed by atoms with E-state index in [1.54, 1.807) is 0 Å². The van der Waals surface area contributed by atoms with E-state index in [9.17, 15) is 4.79 Å². The summed E-state index contributed by atoms with van der Waals surface area (Å²) in [5, 5.41) is 1.31. The number of fused-ring (bicyclic) bond motifs is 1. The smallest absolute Gasteiger partial charge is 0.315 e. The predicted molar refractivity (Wildman–Crippen MR) is 89.4 cm³/mol. The summed E-state index contributed by atoms with van der Waals surface area (Å²) in [5.41, 5.74) is 2.33. The maximum absolute atomic E-state index is 12.2. The first-order valence-corrected chi connectivity index (χ1v) is 8.32. The third-order valence-electron chi connectivity index (χ3n) is 4.24. The lowest BCUT2D eigenvalue weighted by molar-refractivity contribution is 0.186. The van der Waals surface area contributed by atoms with Crippen LogP contribution in [-0.2, 0) is 0 Å². The Kier molecular flexibility index (Phi) is 3.81. The van der Waals surface area contributed by atoms with Gasteiger partial charge in [-0.05, 0) is 37.3 Å². The molecule has 2 heterocycles. The van der Waals surface area contributed by atoms with Crippen LogP contribution in [0.15, 0.2) is 29.3 Å². The molecule has 0 N–H and O–H groups in total. The molecule has 0 fully saturated rings. The number of nitrogens with zero attached hydrogens (tertiary/aromatic N) is 2. The minimum atomic E-state index is -0.0811. The van der Waals surface area contributed by atoms with Crippen molar-refractivity contribution >= 4 is 33.2 Å². The first-order valence-electron chi connectivity index (χ1n) is 7.50. The zero-order valence-electron chi connectivity index (χ0n) is 12.7. The molecule has 0 bridgehead atoms. The third kappa shape index (κ3) is 2.38. The van der Waals surface area contributed by atoms with Gasteiger partial charge in [0.15, 0.2) is 0 Å². The van der Waals surface area contributed by atoms with Gasteiger partial charge in [0.25, 0.3) is 0 Å². The highest BCUT2D eigenvalue weighted by Crippen LogP contribution is 2.40. The summed E-state index contributed by atoms with van der Waals surface area (Å²) >= 11 is 1.82. The van der Waals surface area contributed by atoms with Crippen LogP contribution >= 0.6 is 11.3 Å². The summed E-state index contributed by atoms with van der Waals surface area (Å²) in [6.45, 7) is 6.98. The molecule has 1 aliphatic heterocycles. The second kappa shape index (κ2) is 5.60. The molecule has 3 nitrogen and oxygen atoms in total. The van der Waals surface area contributed by atoms with Crippen molar-refractivity contribution in [2.75, 3.05) is 6.54 Å². The van der Waals surface area contributed by atoms with E-state index >= 15 is 0 Å². The topological polar surface area (TPSA) is 32.7 Å². The Hall–Kier alpha value is -1.68. The maximum Gasteiger partial charge on any atom is 0.343 e. The number of benzene rings is 1. The normalized spacial score (nSPS) is 19.2. The number of aryl methyl sites for hydroxylation is 1. The maximum atomic E-state index is 12.2. The highest BCUT2D eigenvalue weighted by Gasteiger charge is 2.31. The first-order chi connectivity index (χ1) is 10.2. The Bertz CT molecular complexity index is 717. The average Bonchev–Trinajstić information content (AvgIpc) is 2.84. The molecular weight excluding hydrogens is 280 g/mol. The Morgan fingerprint density at radius 2 is 2.10 bits per heavy atom. The quantitative estimate of drug-likeness (QED) is 0.789. The summed E-state index contributed by atoms with van der Waals surface area (Å²) < 4.78 is 1.30. The van der Waals surface area contributed by atoms with Crippen LogP contribution in [0.3, 0.4) is 0 Å². The molecule has 110 valence electrons. The molecule has 0 saturated heterocycles. The van der Waals surface area contributed by atoms with Gasteiger partial charge in [0, 0.05) is 28.3 Å². The standard InChI is InChI=1S/C17H20N2OS/c1-4-12-10-14(19(5-2)17(20)18-12)16-11(3)13-8-6-7-9-15(13)21-16/h6-9,14H,4-5,10H2,1-3H3. The fourth-order valence-corrected chi connectivity index (χ4v) is 4.36. The van der Waals surface area contributed by atoms with Crippen LogP contribution in [0.5, 0.6) is 0 Å². The van der Waals surface area contributed by atoms with Gasteiger partial charge in [-0.15, -0.1) is 11.3 Å². The monoisotopic (exact) mass is 300 g/mol. The molecule has 1 aromatic carbocycles. The van der Waals surface area contributed by atoms with Gasteiger partial charge in [0.05, 0.1) is 6.04 Å². The van der Waals surface area contributed by atoms with Crippen LogP contribution in [0.2, 0.25) is 0 Å². The highest BCUT2D eigenvalue weighted by atomic mass is 32.1. The van der Waals surface area contributed by atoms with Crippen molar-refractivity contribution in [2.45, 2.75) is 39.7 Å². The predicted octanol–water partition coefficient (Wildman–Crippen LogP) is 4.95. The Morgan fingerprint density at radius 1 is 1.33 bits per heavy atom. The summed E-state index contributed by atoms with van der Waals surface area (Å²) in [5.74, 6) is 0. The second-order valence-electron chi connectivity index (χ2n) is 5.41. The summed E-state index contributed by atoms with van der Waals surface area (Å²) in [7, 11) is 0. The van der Waals surface area contributed by atoms with Crippen LogP contribution in [0.4, 0.5) is 4.79 Å². The molecular formula is C17H20N2OS. The van der Waals surface area contributed by atoms with Gasteiger partial charge in [-0.1, -0.05) is 25.1 Å². The van der Waals surface area contributed by atoms with Gasteiger partial charge >= 0.3 is 6.03 Å². The van der Waals surface area contributed by atoms with Crippen molar-refractivity contribution in [1.29, 1.82) is 0 Å². The Morgan fingerprint density at radius 3 is 2.76 bits per heavy atom.